The Labute approximate surface area is 191 Å². The van der Waals surface area contributed by atoms with Crippen LogP contribution in [0.3, 0.4) is 0 Å². The Morgan fingerprint density at radius 2 is 1.81 bits per heavy atom. The zero-order valence-electron chi connectivity index (χ0n) is 17.7. The minimum Gasteiger partial charge on any atom is -0.335 e. The number of sulfonamides is 1. The number of aromatic nitrogens is 2. The molecule has 0 N–H and O–H groups in total. The fraction of sp³-hybridized carbons (Fsp3) is 0.429. The number of piperazine rings is 1. The second-order valence-electron chi connectivity index (χ2n) is 8.14. The number of hydrogen-bond acceptors (Lipinski definition) is 5. The van der Waals surface area contributed by atoms with Gasteiger partial charge in [-0.05, 0) is 43.2 Å². The Morgan fingerprint density at radius 3 is 2.42 bits per heavy atom. The van der Waals surface area contributed by atoms with E-state index in [1.165, 1.54) is 27.8 Å². The van der Waals surface area contributed by atoms with E-state index in [9.17, 15) is 13.2 Å². The largest absolute Gasteiger partial charge is 0.335 e. The van der Waals surface area contributed by atoms with Gasteiger partial charge in [-0.1, -0.05) is 25.4 Å². The number of benzene rings is 1. The van der Waals surface area contributed by atoms with Crippen LogP contribution in [0.1, 0.15) is 29.2 Å². The van der Waals surface area contributed by atoms with Gasteiger partial charge in [0.05, 0.1) is 15.5 Å². The van der Waals surface area contributed by atoms with Crippen molar-refractivity contribution >= 4 is 49.1 Å². The molecule has 166 valence electrons. The monoisotopic (exact) mass is 480 g/mol. The fourth-order valence-electron chi connectivity index (χ4n) is 3.73. The summed E-state index contributed by atoms with van der Waals surface area (Å²) in [5.74, 6) is 0.402. The van der Waals surface area contributed by atoms with Gasteiger partial charge in [0.25, 0.3) is 5.91 Å². The standard InChI is InChI=1S/C21H25ClN4O3S2/c1-14(2)13-26-21-18(15(3)23-26)12-19(30-21)20(27)24-8-10-25(11-9-24)31(28,29)17-6-4-16(22)5-7-17/h4-7,12,14H,8-11,13H2,1-3H3. The van der Waals surface area contributed by atoms with Crippen LogP contribution in [0.4, 0.5) is 0 Å². The van der Waals surface area contributed by atoms with Crippen molar-refractivity contribution in [3.05, 3.63) is 45.9 Å². The van der Waals surface area contributed by atoms with Crippen LogP contribution in [0.5, 0.6) is 0 Å². The normalized spacial score (nSPS) is 15.8. The molecule has 0 saturated carbocycles. The molecule has 1 aliphatic heterocycles. The molecule has 3 heterocycles. The van der Waals surface area contributed by atoms with Gasteiger partial charge in [0, 0.05) is 43.1 Å². The molecule has 4 rings (SSSR count). The predicted octanol–water partition coefficient (Wildman–Crippen LogP) is 3.86. The first kappa shape index (κ1) is 22.3. The van der Waals surface area contributed by atoms with Crippen molar-refractivity contribution in [1.29, 1.82) is 0 Å². The van der Waals surface area contributed by atoms with Crippen LogP contribution in [0, 0.1) is 12.8 Å². The second-order valence-corrected chi connectivity index (χ2v) is 11.5. The number of halogens is 1. The third-order valence-electron chi connectivity index (χ3n) is 5.33. The van der Waals surface area contributed by atoms with E-state index >= 15 is 0 Å². The Balaban J connectivity index is 1.47. The van der Waals surface area contributed by atoms with Crippen LogP contribution in [0.25, 0.3) is 10.2 Å². The van der Waals surface area contributed by atoms with Crippen LogP contribution >= 0.6 is 22.9 Å². The lowest BCUT2D eigenvalue weighted by Gasteiger charge is -2.33. The van der Waals surface area contributed by atoms with E-state index in [1.807, 2.05) is 17.7 Å². The van der Waals surface area contributed by atoms with E-state index < -0.39 is 10.0 Å². The molecule has 0 atom stereocenters. The van der Waals surface area contributed by atoms with Gasteiger partial charge in [-0.15, -0.1) is 11.3 Å². The quantitative estimate of drug-likeness (QED) is 0.555. The number of thiophene rings is 1. The first-order chi connectivity index (χ1) is 14.7. The summed E-state index contributed by atoms with van der Waals surface area (Å²) >= 11 is 7.33. The molecular weight excluding hydrogens is 456 g/mol. The third kappa shape index (κ3) is 4.37. The molecule has 1 aromatic carbocycles. The predicted molar refractivity (Wildman–Crippen MR) is 123 cm³/mol. The number of amides is 1. The van der Waals surface area contributed by atoms with E-state index in [1.54, 1.807) is 17.0 Å². The van der Waals surface area contributed by atoms with Gasteiger partial charge < -0.3 is 4.90 Å². The molecule has 0 bridgehead atoms. The molecule has 3 aromatic rings. The number of carbonyl (C=O) groups excluding carboxylic acids is 1. The highest BCUT2D eigenvalue weighted by Crippen LogP contribution is 2.30. The summed E-state index contributed by atoms with van der Waals surface area (Å²) in [5.41, 5.74) is 0.921. The van der Waals surface area contributed by atoms with Crippen molar-refractivity contribution in [2.75, 3.05) is 26.2 Å². The molecule has 0 unspecified atom stereocenters. The topological polar surface area (TPSA) is 75.5 Å². The van der Waals surface area contributed by atoms with Gasteiger partial charge in [-0.2, -0.15) is 9.40 Å². The second kappa shape index (κ2) is 8.54. The first-order valence-corrected chi connectivity index (χ1v) is 12.8. The lowest BCUT2D eigenvalue weighted by Crippen LogP contribution is -2.50. The summed E-state index contributed by atoms with van der Waals surface area (Å²) in [5, 5.41) is 6.10. The van der Waals surface area contributed by atoms with E-state index in [2.05, 4.69) is 18.9 Å². The molecule has 31 heavy (non-hydrogen) atoms. The minimum atomic E-state index is -3.60. The fourth-order valence-corrected chi connectivity index (χ4v) is 6.42. The Hall–Kier alpha value is -1.94. The van der Waals surface area contributed by atoms with E-state index in [0.29, 0.717) is 28.9 Å². The summed E-state index contributed by atoms with van der Waals surface area (Å²) in [6.07, 6.45) is 0. The number of aryl methyl sites for hydroxylation is 1. The summed E-state index contributed by atoms with van der Waals surface area (Å²) in [6, 6.07) is 8.07. The van der Waals surface area contributed by atoms with Crippen molar-refractivity contribution in [2.45, 2.75) is 32.2 Å². The summed E-state index contributed by atoms with van der Waals surface area (Å²) in [4.78, 5) is 16.7. The van der Waals surface area contributed by atoms with E-state index in [0.717, 1.165) is 22.5 Å². The molecule has 0 spiro atoms. The van der Waals surface area contributed by atoms with Crippen molar-refractivity contribution < 1.29 is 13.2 Å². The van der Waals surface area contributed by atoms with Crippen LogP contribution in [-0.2, 0) is 16.6 Å². The molecule has 1 amide bonds. The van der Waals surface area contributed by atoms with Crippen molar-refractivity contribution in [3.63, 3.8) is 0 Å². The zero-order valence-corrected chi connectivity index (χ0v) is 20.1. The maximum absolute atomic E-state index is 13.1. The molecule has 10 heteroatoms. The maximum Gasteiger partial charge on any atom is 0.264 e. The first-order valence-electron chi connectivity index (χ1n) is 10.2. The highest BCUT2D eigenvalue weighted by Gasteiger charge is 2.31. The molecule has 1 aliphatic rings. The van der Waals surface area contributed by atoms with Crippen molar-refractivity contribution in [1.82, 2.24) is 19.0 Å². The molecule has 0 aliphatic carbocycles. The SMILES string of the molecule is Cc1nn(CC(C)C)c2sc(C(=O)N3CCN(S(=O)(=O)c4ccc(Cl)cc4)CC3)cc12. The number of nitrogens with zero attached hydrogens (tertiary/aromatic N) is 4. The molecular formula is C21H25ClN4O3S2. The van der Waals surface area contributed by atoms with Gasteiger partial charge >= 0.3 is 0 Å². The molecule has 2 aromatic heterocycles. The molecule has 0 radical (unpaired) electrons. The van der Waals surface area contributed by atoms with Crippen LogP contribution in [0.2, 0.25) is 5.02 Å². The van der Waals surface area contributed by atoms with Gasteiger partial charge in [-0.3, -0.25) is 9.48 Å². The lowest BCUT2D eigenvalue weighted by molar-refractivity contribution is 0.0703. The van der Waals surface area contributed by atoms with E-state index in [4.69, 9.17) is 11.6 Å². The smallest absolute Gasteiger partial charge is 0.264 e. The molecule has 7 nitrogen and oxygen atoms in total. The van der Waals surface area contributed by atoms with Crippen molar-refractivity contribution in [2.24, 2.45) is 5.92 Å². The Bertz CT molecular complexity index is 1210. The molecule has 1 fully saturated rings. The average molecular weight is 481 g/mol. The lowest BCUT2D eigenvalue weighted by atomic mass is 10.2. The third-order valence-corrected chi connectivity index (χ3v) is 8.63. The Morgan fingerprint density at radius 1 is 1.16 bits per heavy atom. The summed E-state index contributed by atoms with van der Waals surface area (Å²) in [6.45, 7) is 8.29. The van der Waals surface area contributed by atoms with Crippen molar-refractivity contribution in [3.8, 4) is 0 Å². The summed E-state index contributed by atoms with van der Waals surface area (Å²) < 4.78 is 29.1. The van der Waals surface area contributed by atoms with Gasteiger partial charge in [0.2, 0.25) is 10.0 Å². The average Bonchev–Trinajstić information content (AvgIpc) is 3.29. The Kier molecular flexibility index (Phi) is 6.13. The number of fused-ring (bicyclic) bond motifs is 1. The number of hydrogen-bond donors (Lipinski definition) is 0. The van der Waals surface area contributed by atoms with Crippen LogP contribution in [0.15, 0.2) is 35.2 Å². The minimum absolute atomic E-state index is 0.0553. The van der Waals surface area contributed by atoms with Gasteiger partial charge in [0.1, 0.15) is 4.83 Å². The maximum atomic E-state index is 13.1. The van der Waals surface area contributed by atoms with Crippen LogP contribution < -0.4 is 0 Å². The van der Waals surface area contributed by atoms with E-state index in [-0.39, 0.29) is 23.9 Å². The highest BCUT2D eigenvalue weighted by atomic mass is 35.5. The molecule has 1 saturated heterocycles. The number of rotatable bonds is 5. The summed E-state index contributed by atoms with van der Waals surface area (Å²) in [7, 11) is -3.60. The van der Waals surface area contributed by atoms with Gasteiger partial charge in [0.15, 0.2) is 0 Å². The number of carbonyl (C=O) groups is 1. The highest BCUT2D eigenvalue weighted by molar-refractivity contribution is 7.89. The van der Waals surface area contributed by atoms with Gasteiger partial charge in [-0.25, -0.2) is 8.42 Å². The van der Waals surface area contributed by atoms with Crippen LogP contribution in [-0.4, -0.2) is 59.5 Å². The zero-order chi connectivity index (χ0) is 22.3.